The molecule has 0 aliphatic carbocycles. The molecule has 2 rings (SSSR count). The van der Waals surface area contributed by atoms with Crippen molar-refractivity contribution in [1.29, 1.82) is 0 Å². The number of nitrogens with zero attached hydrogens (tertiary/aromatic N) is 3. The maximum absolute atomic E-state index is 12.2. The van der Waals surface area contributed by atoms with Crippen LogP contribution in [0.15, 0.2) is 6.07 Å². The van der Waals surface area contributed by atoms with E-state index in [0.29, 0.717) is 18.9 Å². The van der Waals surface area contributed by atoms with Gasteiger partial charge in [0.05, 0.1) is 5.69 Å². The van der Waals surface area contributed by atoms with Crippen LogP contribution in [0.2, 0.25) is 0 Å². The molecular formula is C17H27N3O4. The Morgan fingerprint density at radius 2 is 2.12 bits per heavy atom. The van der Waals surface area contributed by atoms with Crippen LogP contribution in [-0.4, -0.2) is 50.5 Å². The molecule has 1 fully saturated rings. The van der Waals surface area contributed by atoms with Gasteiger partial charge in [0.15, 0.2) is 0 Å². The van der Waals surface area contributed by atoms with Crippen molar-refractivity contribution in [2.75, 3.05) is 13.1 Å². The third kappa shape index (κ3) is 4.97. The van der Waals surface area contributed by atoms with Crippen molar-refractivity contribution in [3.63, 3.8) is 0 Å². The maximum atomic E-state index is 12.2. The summed E-state index contributed by atoms with van der Waals surface area (Å²) < 4.78 is 6.83. The van der Waals surface area contributed by atoms with E-state index in [1.165, 1.54) is 4.68 Å². The van der Waals surface area contributed by atoms with Crippen LogP contribution in [-0.2, 0) is 18.2 Å². The number of hydrogen-bond donors (Lipinski definition) is 1. The molecule has 0 saturated carbocycles. The van der Waals surface area contributed by atoms with Gasteiger partial charge in [0.25, 0.3) is 0 Å². The fourth-order valence-electron chi connectivity index (χ4n) is 2.99. The summed E-state index contributed by atoms with van der Waals surface area (Å²) in [5.41, 5.74) is 0.499. The minimum absolute atomic E-state index is 0.198. The molecular weight excluding hydrogens is 310 g/mol. The average molecular weight is 337 g/mol. The molecule has 2 heterocycles. The summed E-state index contributed by atoms with van der Waals surface area (Å²) in [7, 11) is 1.64. The van der Waals surface area contributed by atoms with Crippen molar-refractivity contribution >= 4 is 12.1 Å². The Kier molecular flexibility index (Phi) is 5.51. The Bertz CT molecular complexity index is 603. The van der Waals surface area contributed by atoms with Crippen LogP contribution in [0.3, 0.4) is 0 Å². The van der Waals surface area contributed by atoms with E-state index in [2.05, 4.69) is 5.10 Å². The number of carbonyl (C=O) groups excluding carboxylic acids is 1. The van der Waals surface area contributed by atoms with Gasteiger partial charge in [-0.2, -0.15) is 5.10 Å². The van der Waals surface area contributed by atoms with Crippen LogP contribution in [0.25, 0.3) is 0 Å². The van der Waals surface area contributed by atoms with Gasteiger partial charge in [0, 0.05) is 20.1 Å². The number of hydrogen-bond acceptors (Lipinski definition) is 4. The van der Waals surface area contributed by atoms with E-state index in [1.807, 2.05) is 20.8 Å². The average Bonchev–Trinajstić information content (AvgIpc) is 2.85. The summed E-state index contributed by atoms with van der Waals surface area (Å²) >= 11 is 0. The molecule has 1 aliphatic rings. The predicted octanol–water partition coefficient (Wildman–Crippen LogP) is 2.70. The summed E-state index contributed by atoms with van der Waals surface area (Å²) in [6, 6.07) is 1.62. The summed E-state index contributed by atoms with van der Waals surface area (Å²) in [4.78, 5) is 25.0. The smallest absolute Gasteiger partial charge is 0.410 e. The lowest BCUT2D eigenvalue weighted by atomic mass is 9.93. The Morgan fingerprint density at radius 1 is 1.42 bits per heavy atom. The first-order valence-corrected chi connectivity index (χ1v) is 8.40. The first-order valence-electron chi connectivity index (χ1n) is 8.40. The number of likely N-dealkylation sites (tertiary alicyclic amines) is 1. The number of amides is 1. The Morgan fingerprint density at radius 3 is 2.71 bits per heavy atom. The largest absolute Gasteiger partial charge is 0.477 e. The maximum Gasteiger partial charge on any atom is 0.410 e. The topological polar surface area (TPSA) is 84.7 Å². The fourth-order valence-corrected chi connectivity index (χ4v) is 2.99. The molecule has 0 spiro atoms. The fraction of sp³-hybridized carbons (Fsp3) is 0.706. The molecule has 1 atom stereocenters. The van der Waals surface area contributed by atoms with Crippen molar-refractivity contribution in [2.45, 2.75) is 52.1 Å². The Hall–Kier alpha value is -2.05. The molecule has 1 unspecified atom stereocenters. The number of aryl methyl sites for hydroxylation is 2. The number of carbonyl (C=O) groups is 2. The lowest BCUT2D eigenvalue weighted by Crippen LogP contribution is -2.43. The van der Waals surface area contributed by atoms with Crippen molar-refractivity contribution in [2.24, 2.45) is 13.0 Å². The van der Waals surface area contributed by atoms with Gasteiger partial charge in [-0.05, 0) is 58.4 Å². The molecule has 24 heavy (non-hydrogen) atoms. The van der Waals surface area contributed by atoms with E-state index in [9.17, 15) is 9.59 Å². The summed E-state index contributed by atoms with van der Waals surface area (Å²) in [5, 5.41) is 13.3. The van der Waals surface area contributed by atoms with Gasteiger partial charge in [-0.25, -0.2) is 9.59 Å². The predicted molar refractivity (Wildman–Crippen MR) is 89.0 cm³/mol. The third-order valence-electron chi connectivity index (χ3n) is 4.13. The zero-order valence-electron chi connectivity index (χ0n) is 14.9. The van der Waals surface area contributed by atoms with Crippen LogP contribution in [0.1, 0.15) is 56.2 Å². The number of carboxylic acids is 1. The van der Waals surface area contributed by atoms with Gasteiger partial charge < -0.3 is 14.7 Å². The second-order valence-electron chi connectivity index (χ2n) is 7.42. The Balaban J connectivity index is 1.88. The molecule has 1 amide bonds. The number of piperidine rings is 1. The van der Waals surface area contributed by atoms with Crippen LogP contribution in [0.4, 0.5) is 4.79 Å². The van der Waals surface area contributed by atoms with Crippen LogP contribution in [0, 0.1) is 5.92 Å². The minimum Gasteiger partial charge on any atom is -0.477 e. The molecule has 1 aromatic rings. The monoisotopic (exact) mass is 337 g/mol. The highest BCUT2D eigenvalue weighted by Gasteiger charge is 2.27. The highest BCUT2D eigenvalue weighted by Crippen LogP contribution is 2.23. The molecule has 0 aromatic carbocycles. The molecule has 1 aromatic heterocycles. The lowest BCUT2D eigenvalue weighted by molar-refractivity contribution is 0.0161. The molecule has 7 nitrogen and oxygen atoms in total. The van der Waals surface area contributed by atoms with E-state index in [4.69, 9.17) is 9.84 Å². The van der Waals surface area contributed by atoms with E-state index < -0.39 is 11.6 Å². The molecule has 134 valence electrons. The van der Waals surface area contributed by atoms with E-state index in [1.54, 1.807) is 18.0 Å². The SMILES string of the molecule is Cn1nc(CCC2CCCN(C(=O)OC(C)(C)C)C2)cc1C(=O)O. The molecule has 0 bridgehead atoms. The van der Waals surface area contributed by atoms with E-state index in [-0.39, 0.29) is 11.8 Å². The normalized spacial score (nSPS) is 18.5. The zero-order chi connectivity index (χ0) is 17.9. The number of ether oxygens (including phenoxy) is 1. The molecule has 1 saturated heterocycles. The Labute approximate surface area is 142 Å². The standard InChI is InChI=1S/C17H27N3O4/c1-17(2,3)24-16(23)20-9-5-6-12(11-20)7-8-13-10-14(15(21)22)19(4)18-13/h10,12H,5-9,11H2,1-4H3,(H,21,22). The van der Waals surface area contributed by atoms with Gasteiger partial charge in [-0.1, -0.05) is 0 Å². The summed E-state index contributed by atoms with van der Waals surface area (Å²) in [6.07, 6.45) is 3.38. The van der Waals surface area contributed by atoms with Crippen molar-refractivity contribution in [3.8, 4) is 0 Å². The highest BCUT2D eigenvalue weighted by atomic mass is 16.6. The lowest BCUT2D eigenvalue weighted by Gasteiger charge is -2.34. The van der Waals surface area contributed by atoms with Crippen LogP contribution < -0.4 is 0 Å². The van der Waals surface area contributed by atoms with Crippen molar-refractivity contribution < 1.29 is 19.4 Å². The van der Waals surface area contributed by atoms with E-state index in [0.717, 1.165) is 31.5 Å². The van der Waals surface area contributed by atoms with Crippen LogP contribution >= 0.6 is 0 Å². The molecule has 0 radical (unpaired) electrons. The minimum atomic E-state index is -0.968. The summed E-state index contributed by atoms with van der Waals surface area (Å²) in [6.45, 7) is 7.03. The van der Waals surface area contributed by atoms with Crippen molar-refractivity contribution in [1.82, 2.24) is 14.7 Å². The van der Waals surface area contributed by atoms with Crippen molar-refractivity contribution in [3.05, 3.63) is 17.5 Å². The number of carboxylic acid groups (broad SMARTS) is 1. The third-order valence-corrected chi connectivity index (χ3v) is 4.13. The molecule has 7 heteroatoms. The van der Waals surface area contributed by atoms with Gasteiger partial charge in [-0.3, -0.25) is 4.68 Å². The number of rotatable bonds is 4. The second-order valence-corrected chi connectivity index (χ2v) is 7.42. The zero-order valence-corrected chi connectivity index (χ0v) is 14.9. The highest BCUT2D eigenvalue weighted by molar-refractivity contribution is 5.85. The quantitative estimate of drug-likeness (QED) is 0.913. The van der Waals surface area contributed by atoms with Gasteiger partial charge >= 0.3 is 12.1 Å². The van der Waals surface area contributed by atoms with Gasteiger partial charge in [0.1, 0.15) is 11.3 Å². The summed E-state index contributed by atoms with van der Waals surface area (Å²) in [5.74, 6) is -0.577. The molecule has 1 N–H and O–H groups in total. The number of aromatic carboxylic acids is 1. The van der Waals surface area contributed by atoms with Gasteiger partial charge in [-0.15, -0.1) is 0 Å². The second kappa shape index (κ2) is 7.23. The molecule has 1 aliphatic heterocycles. The first-order chi connectivity index (χ1) is 11.2. The van der Waals surface area contributed by atoms with Gasteiger partial charge in [0.2, 0.25) is 0 Å². The number of aromatic nitrogens is 2. The van der Waals surface area contributed by atoms with E-state index >= 15 is 0 Å². The first kappa shape index (κ1) is 18.3. The van der Waals surface area contributed by atoms with Crippen LogP contribution in [0.5, 0.6) is 0 Å².